The molecule has 1 aromatic rings. The van der Waals surface area contributed by atoms with E-state index >= 15 is 0 Å². The van der Waals surface area contributed by atoms with E-state index in [9.17, 15) is 27.6 Å². The summed E-state index contributed by atoms with van der Waals surface area (Å²) in [6, 6.07) is 1.61. The summed E-state index contributed by atoms with van der Waals surface area (Å²) in [5.41, 5.74) is 3.24. The predicted molar refractivity (Wildman–Crippen MR) is 93.5 cm³/mol. The van der Waals surface area contributed by atoms with Gasteiger partial charge in [0.1, 0.15) is 11.6 Å². The number of carbonyl (C=O) groups excluding carboxylic acids is 2. The number of halogens is 3. The number of hydrogen-bond donors (Lipinski definition) is 3. The Hall–Kier alpha value is -2.78. The van der Waals surface area contributed by atoms with Crippen LogP contribution in [0.1, 0.15) is 49.8 Å². The molecular weight excluding hydrogens is 381 g/mol. The molecule has 0 aromatic heterocycles. The van der Waals surface area contributed by atoms with Crippen LogP contribution in [-0.2, 0) is 20.5 Å². The lowest BCUT2D eigenvalue weighted by atomic mass is 9.86. The molecule has 0 saturated heterocycles. The highest BCUT2D eigenvalue weighted by molar-refractivity contribution is 5.86. The Morgan fingerprint density at radius 2 is 1.79 bits per heavy atom. The van der Waals surface area contributed by atoms with Gasteiger partial charge >= 0.3 is 18.2 Å². The third kappa shape index (κ3) is 6.75. The van der Waals surface area contributed by atoms with Crippen molar-refractivity contribution in [2.45, 2.75) is 57.9 Å². The van der Waals surface area contributed by atoms with Gasteiger partial charge in [-0.1, -0.05) is 12.1 Å². The van der Waals surface area contributed by atoms with Gasteiger partial charge in [0.2, 0.25) is 5.91 Å². The minimum absolute atomic E-state index is 0.0685. The zero-order valence-electron chi connectivity index (χ0n) is 15.9. The molecule has 0 radical (unpaired) electrons. The summed E-state index contributed by atoms with van der Waals surface area (Å²) in [4.78, 5) is 35.1. The number of nitrogens with two attached hydrogens (primary N) is 1. The molecule has 1 unspecified atom stereocenters. The molecule has 28 heavy (non-hydrogen) atoms. The fourth-order valence-electron chi connectivity index (χ4n) is 2.60. The van der Waals surface area contributed by atoms with E-state index in [0.717, 1.165) is 6.07 Å². The van der Waals surface area contributed by atoms with E-state index in [1.165, 1.54) is 19.1 Å². The smallest absolute Gasteiger partial charge is 0.416 e. The molecule has 7 nitrogen and oxygen atoms in total. The van der Waals surface area contributed by atoms with Crippen molar-refractivity contribution in [1.82, 2.24) is 5.32 Å². The van der Waals surface area contributed by atoms with Gasteiger partial charge in [-0.3, -0.25) is 9.59 Å². The van der Waals surface area contributed by atoms with Gasteiger partial charge < -0.3 is 20.9 Å². The summed E-state index contributed by atoms with van der Waals surface area (Å²) in [5.74, 6) is -3.81. The Morgan fingerprint density at radius 1 is 1.21 bits per heavy atom. The monoisotopic (exact) mass is 404 g/mol. The van der Waals surface area contributed by atoms with E-state index in [4.69, 9.17) is 15.6 Å². The summed E-state index contributed by atoms with van der Waals surface area (Å²) in [5, 5.41) is 11.3. The Kier molecular flexibility index (Phi) is 7.05. The van der Waals surface area contributed by atoms with Gasteiger partial charge in [0.05, 0.1) is 12.0 Å². The zero-order chi connectivity index (χ0) is 21.9. The number of amides is 2. The van der Waals surface area contributed by atoms with Crippen LogP contribution in [0.3, 0.4) is 0 Å². The van der Waals surface area contributed by atoms with Gasteiger partial charge in [-0.05, 0) is 44.9 Å². The van der Waals surface area contributed by atoms with Crippen molar-refractivity contribution in [1.29, 1.82) is 0 Å². The average molecular weight is 404 g/mol. The SMILES string of the molecule is Cc1ccc([C@H](CC(=O)O)C(NC(=O)OC(C)(C)C)C(N)=O)cc1C(F)(F)F. The number of rotatable bonds is 6. The molecule has 4 N–H and O–H groups in total. The van der Waals surface area contributed by atoms with Crippen LogP contribution < -0.4 is 11.1 Å². The number of hydrogen-bond acceptors (Lipinski definition) is 4. The average Bonchev–Trinajstić information content (AvgIpc) is 2.48. The van der Waals surface area contributed by atoms with Crippen LogP contribution in [0.4, 0.5) is 18.0 Å². The fraction of sp³-hybridized carbons (Fsp3) is 0.500. The molecule has 0 heterocycles. The summed E-state index contributed by atoms with van der Waals surface area (Å²) in [6.07, 6.45) is -6.45. The van der Waals surface area contributed by atoms with Crippen LogP contribution >= 0.6 is 0 Å². The maximum absolute atomic E-state index is 13.2. The number of carboxylic acids is 1. The van der Waals surface area contributed by atoms with Crippen molar-refractivity contribution in [2.75, 3.05) is 0 Å². The van der Waals surface area contributed by atoms with E-state index in [-0.39, 0.29) is 11.1 Å². The summed E-state index contributed by atoms with van der Waals surface area (Å²) in [7, 11) is 0. The molecule has 0 spiro atoms. The quantitative estimate of drug-likeness (QED) is 0.674. The van der Waals surface area contributed by atoms with Crippen molar-refractivity contribution in [3.8, 4) is 0 Å². The van der Waals surface area contributed by atoms with Crippen LogP contribution in [-0.4, -0.2) is 34.7 Å². The highest BCUT2D eigenvalue weighted by Gasteiger charge is 2.36. The first kappa shape index (κ1) is 23.3. The van der Waals surface area contributed by atoms with E-state index in [1.54, 1.807) is 20.8 Å². The number of aryl methyl sites for hydroxylation is 1. The topological polar surface area (TPSA) is 119 Å². The van der Waals surface area contributed by atoms with E-state index in [1.807, 2.05) is 0 Å². The number of carbonyl (C=O) groups is 3. The van der Waals surface area contributed by atoms with Crippen LogP contribution in [0.5, 0.6) is 0 Å². The molecule has 0 bridgehead atoms. The summed E-state index contributed by atoms with van der Waals surface area (Å²) < 4.78 is 44.7. The number of ether oxygens (including phenoxy) is 1. The lowest BCUT2D eigenvalue weighted by Crippen LogP contribution is -2.50. The first-order valence-corrected chi connectivity index (χ1v) is 8.30. The second kappa shape index (κ2) is 8.49. The highest BCUT2D eigenvalue weighted by atomic mass is 19.4. The van der Waals surface area contributed by atoms with Crippen LogP contribution in [0.15, 0.2) is 18.2 Å². The number of alkyl halides is 3. The van der Waals surface area contributed by atoms with Gasteiger partial charge in [0, 0.05) is 5.92 Å². The second-order valence-electron chi connectivity index (χ2n) is 7.30. The van der Waals surface area contributed by atoms with E-state index in [2.05, 4.69) is 5.32 Å². The zero-order valence-corrected chi connectivity index (χ0v) is 15.9. The number of nitrogens with one attached hydrogen (secondary N) is 1. The van der Waals surface area contributed by atoms with Crippen molar-refractivity contribution in [3.05, 3.63) is 34.9 Å². The predicted octanol–water partition coefficient (Wildman–Crippen LogP) is 2.95. The molecule has 0 aliphatic carbocycles. The van der Waals surface area contributed by atoms with Gasteiger partial charge in [-0.2, -0.15) is 13.2 Å². The first-order valence-electron chi connectivity index (χ1n) is 8.30. The Bertz CT molecular complexity index is 757. The number of primary amides is 1. The van der Waals surface area contributed by atoms with Crippen molar-refractivity contribution in [3.63, 3.8) is 0 Å². The summed E-state index contributed by atoms with van der Waals surface area (Å²) in [6.45, 7) is 5.95. The molecule has 0 aliphatic rings. The second-order valence-corrected chi connectivity index (χ2v) is 7.30. The molecule has 1 aromatic carbocycles. The number of aliphatic carboxylic acids is 1. The molecule has 156 valence electrons. The number of carboxylic acid groups (broad SMARTS) is 1. The van der Waals surface area contributed by atoms with Crippen molar-refractivity contribution < 1.29 is 37.4 Å². The normalized spacial score (nSPS) is 14.1. The minimum atomic E-state index is -4.67. The number of benzene rings is 1. The molecule has 2 amide bonds. The summed E-state index contributed by atoms with van der Waals surface area (Å²) >= 11 is 0. The molecule has 10 heteroatoms. The minimum Gasteiger partial charge on any atom is -0.481 e. The Morgan fingerprint density at radius 3 is 2.21 bits per heavy atom. The standard InChI is InChI=1S/C18H23F3N2O5/c1-9-5-6-10(7-12(9)18(19,20)21)11(8-13(24)25)14(15(22)26)23-16(27)28-17(2,3)4/h5-7,11,14H,8H2,1-4H3,(H2,22,26)(H,23,27)(H,24,25)/t11-,14?/m0/s1. The largest absolute Gasteiger partial charge is 0.481 e. The lowest BCUT2D eigenvalue weighted by molar-refractivity contribution is -0.138. The maximum Gasteiger partial charge on any atom is 0.416 e. The molecule has 2 atom stereocenters. The molecular formula is C18H23F3N2O5. The molecule has 0 fully saturated rings. The highest BCUT2D eigenvalue weighted by Crippen LogP contribution is 2.35. The number of alkyl carbamates (subject to hydrolysis) is 1. The fourth-order valence-corrected chi connectivity index (χ4v) is 2.60. The molecule has 0 aliphatic heterocycles. The van der Waals surface area contributed by atoms with Crippen LogP contribution in [0.25, 0.3) is 0 Å². The van der Waals surface area contributed by atoms with E-state index < -0.39 is 53.7 Å². The Labute approximate surface area is 160 Å². The molecule has 1 rings (SSSR count). The lowest BCUT2D eigenvalue weighted by Gasteiger charge is -2.27. The third-order valence-electron chi connectivity index (χ3n) is 3.77. The van der Waals surface area contributed by atoms with Gasteiger partial charge in [-0.15, -0.1) is 0 Å². The van der Waals surface area contributed by atoms with Gasteiger partial charge in [-0.25, -0.2) is 4.79 Å². The maximum atomic E-state index is 13.2. The Balaban J connectivity index is 3.36. The van der Waals surface area contributed by atoms with Crippen molar-refractivity contribution >= 4 is 18.0 Å². The van der Waals surface area contributed by atoms with Crippen LogP contribution in [0.2, 0.25) is 0 Å². The van der Waals surface area contributed by atoms with E-state index in [0.29, 0.717) is 0 Å². The first-order chi connectivity index (χ1) is 12.6. The van der Waals surface area contributed by atoms with Gasteiger partial charge in [0.15, 0.2) is 0 Å². The molecule has 0 saturated carbocycles. The van der Waals surface area contributed by atoms with Crippen LogP contribution in [0, 0.1) is 6.92 Å². The van der Waals surface area contributed by atoms with Crippen molar-refractivity contribution in [2.24, 2.45) is 5.73 Å². The third-order valence-corrected chi connectivity index (χ3v) is 3.77. The van der Waals surface area contributed by atoms with Gasteiger partial charge in [0.25, 0.3) is 0 Å².